The van der Waals surface area contributed by atoms with E-state index in [0.29, 0.717) is 13.0 Å². The number of carbonyl (C=O) groups is 1. The van der Waals surface area contributed by atoms with Gasteiger partial charge in [0.1, 0.15) is 0 Å². The minimum Gasteiger partial charge on any atom is -0.481 e. The van der Waals surface area contributed by atoms with Crippen molar-refractivity contribution in [3.8, 4) is 5.69 Å². The second kappa shape index (κ2) is 4.85. The van der Waals surface area contributed by atoms with Crippen LogP contribution in [0.1, 0.15) is 18.1 Å². The Hall–Kier alpha value is -2.14. The number of aromatic nitrogens is 2. The highest BCUT2D eigenvalue weighted by Crippen LogP contribution is 2.34. The SMILES string of the molecule is O=C(O)[C@@H]1CCO[C@@H]1c1cnn(-c2ccccc2)c1. The second-order valence-electron chi connectivity index (χ2n) is 4.58. The average molecular weight is 258 g/mol. The molecule has 0 amide bonds. The van der Waals surface area contributed by atoms with Gasteiger partial charge in [-0.2, -0.15) is 5.10 Å². The third-order valence-electron chi connectivity index (χ3n) is 3.36. The summed E-state index contributed by atoms with van der Waals surface area (Å²) in [6.07, 6.45) is 3.67. The van der Waals surface area contributed by atoms with Crippen LogP contribution in [0.4, 0.5) is 0 Å². The number of benzene rings is 1. The fourth-order valence-electron chi connectivity index (χ4n) is 2.38. The molecule has 1 N–H and O–H groups in total. The van der Waals surface area contributed by atoms with Gasteiger partial charge in [-0.25, -0.2) is 4.68 Å². The highest BCUT2D eigenvalue weighted by atomic mass is 16.5. The molecule has 1 saturated heterocycles. The lowest BCUT2D eigenvalue weighted by atomic mass is 9.98. The van der Waals surface area contributed by atoms with Crippen LogP contribution < -0.4 is 0 Å². The van der Waals surface area contributed by atoms with E-state index in [0.717, 1.165) is 11.3 Å². The Labute approximate surface area is 110 Å². The van der Waals surface area contributed by atoms with Crippen LogP contribution >= 0.6 is 0 Å². The lowest BCUT2D eigenvalue weighted by molar-refractivity contribution is -0.143. The number of carboxylic acids is 1. The molecule has 19 heavy (non-hydrogen) atoms. The Kier molecular flexibility index (Phi) is 3.05. The Morgan fingerprint density at radius 2 is 2.16 bits per heavy atom. The van der Waals surface area contributed by atoms with Gasteiger partial charge in [0.15, 0.2) is 0 Å². The van der Waals surface area contributed by atoms with Gasteiger partial charge in [0.25, 0.3) is 0 Å². The van der Waals surface area contributed by atoms with E-state index in [1.165, 1.54) is 0 Å². The first kappa shape index (κ1) is 11.9. The molecule has 0 unspecified atom stereocenters. The van der Waals surface area contributed by atoms with E-state index in [9.17, 15) is 4.79 Å². The Bertz CT molecular complexity index is 579. The zero-order valence-corrected chi connectivity index (χ0v) is 10.3. The standard InChI is InChI=1S/C14H14N2O3/c17-14(18)12-6-7-19-13(12)10-8-15-16(9-10)11-4-2-1-3-5-11/h1-5,8-9,12-13H,6-7H2,(H,17,18)/t12-,13-/m1/s1. The first-order chi connectivity index (χ1) is 9.25. The molecule has 2 aromatic rings. The van der Waals surface area contributed by atoms with Crippen LogP contribution in [-0.4, -0.2) is 27.5 Å². The van der Waals surface area contributed by atoms with Crippen molar-refractivity contribution >= 4 is 5.97 Å². The molecular weight excluding hydrogens is 244 g/mol. The van der Waals surface area contributed by atoms with Crippen molar-refractivity contribution in [3.63, 3.8) is 0 Å². The van der Waals surface area contributed by atoms with E-state index in [1.54, 1.807) is 10.9 Å². The largest absolute Gasteiger partial charge is 0.481 e. The molecule has 3 rings (SSSR count). The van der Waals surface area contributed by atoms with E-state index in [4.69, 9.17) is 9.84 Å². The minimum absolute atomic E-state index is 0.394. The Morgan fingerprint density at radius 3 is 2.89 bits per heavy atom. The molecule has 2 atom stereocenters. The molecule has 0 spiro atoms. The zero-order valence-electron chi connectivity index (χ0n) is 10.3. The van der Waals surface area contributed by atoms with Crippen molar-refractivity contribution in [2.24, 2.45) is 5.92 Å². The topological polar surface area (TPSA) is 64.3 Å². The molecule has 0 bridgehead atoms. The summed E-state index contributed by atoms with van der Waals surface area (Å²) in [6, 6.07) is 9.70. The number of hydrogen-bond acceptors (Lipinski definition) is 3. The molecule has 1 fully saturated rings. The molecular formula is C14H14N2O3. The van der Waals surface area contributed by atoms with Gasteiger partial charge in [-0.05, 0) is 18.6 Å². The van der Waals surface area contributed by atoms with E-state index < -0.39 is 18.0 Å². The second-order valence-corrected chi connectivity index (χ2v) is 4.58. The molecule has 5 heteroatoms. The molecule has 98 valence electrons. The number of carboxylic acid groups (broad SMARTS) is 1. The van der Waals surface area contributed by atoms with Gasteiger partial charge < -0.3 is 9.84 Å². The summed E-state index contributed by atoms with van der Waals surface area (Å²) in [5.74, 6) is -1.29. The van der Waals surface area contributed by atoms with Crippen molar-refractivity contribution in [1.29, 1.82) is 0 Å². The number of para-hydroxylation sites is 1. The number of nitrogens with zero attached hydrogens (tertiary/aromatic N) is 2. The number of aliphatic carboxylic acids is 1. The van der Waals surface area contributed by atoms with Crippen LogP contribution in [0.5, 0.6) is 0 Å². The maximum absolute atomic E-state index is 11.2. The summed E-state index contributed by atoms with van der Waals surface area (Å²) < 4.78 is 7.26. The lowest BCUT2D eigenvalue weighted by Gasteiger charge is -2.12. The van der Waals surface area contributed by atoms with Crippen LogP contribution in [0.15, 0.2) is 42.7 Å². The highest BCUT2D eigenvalue weighted by molar-refractivity contribution is 5.71. The fourth-order valence-corrected chi connectivity index (χ4v) is 2.38. The van der Waals surface area contributed by atoms with Crippen molar-refractivity contribution in [2.75, 3.05) is 6.61 Å². The van der Waals surface area contributed by atoms with Crippen molar-refractivity contribution in [3.05, 3.63) is 48.3 Å². The molecule has 1 aliphatic heterocycles. The fraction of sp³-hybridized carbons (Fsp3) is 0.286. The van der Waals surface area contributed by atoms with E-state index in [-0.39, 0.29) is 0 Å². The van der Waals surface area contributed by atoms with E-state index in [2.05, 4.69) is 5.10 Å². The van der Waals surface area contributed by atoms with Gasteiger partial charge >= 0.3 is 5.97 Å². The van der Waals surface area contributed by atoms with Crippen molar-refractivity contribution in [1.82, 2.24) is 9.78 Å². The highest BCUT2D eigenvalue weighted by Gasteiger charge is 2.35. The smallest absolute Gasteiger partial charge is 0.309 e. The first-order valence-corrected chi connectivity index (χ1v) is 6.20. The van der Waals surface area contributed by atoms with Crippen LogP contribution in [0.2, 0.25) is 0 Å². The number of hydrogen-bond donors (Lipinski definition) is 1. The average Bonchev–Trinajstić information content (AvgIpc) is 3.08. The monoisotopic (exact) mass is 258 g/mol. The summed E-state index contributed by atoms with van der Waals surface area (Å²) in [6.45, 7) is 0.484. The van der Waals surface area contributed by atoms with E-state index in [1.807, 2.05) is 36.5 Å². The molecule has 1 aliphatic rings. The molecule has 2 heterocycles. The molecule has 1 aromatic carbocycles. The third kappa shape index (κ3) is 2.24. The van der Waals surface area contributed by atoms with E-state index >= 15 is 0 Å². The van der Waals surface area contributed by atoms with Crippen LogP contribution in [0.25, 0.3) is 5.69 Å². The van der Waals surface area contributed by atoms with Gasteiger partial charge in [-0.15, -0.1) is 0 Å². The molecule has 0 saturated carbocycles. The Morgan fingerprint density at radius 1 is 1.37 bits per heavy atom. The van der Waals surface area contributed by atoms with Gasteiger partial charge in [-0.1, -0.05) is 18.2 Å². The molecule has 0 aliphatic carbocycles. The minimum atomic E-state index is -0.810. The normalized spacial score (nSPS) is 22.5. The lowest BCUT2D eigenvalue weighted by Crippen LogP contribution is -2.17. The summed E-state index contributed by atoms with van der Waals surface area (Å²) in [5.41, 5.74) is 1.76. The summed E-state index contributed by atoms with van der Waals surface area (Å²) in [4.78, 5) is 11.2. The third-order valence-corrected chi connectivity index (χ3v) is 3.36. The Balaban J connectivity index is 1.87. The van der Waals surface area contributed by atoms with Gasteiger partial charge in [-0.3, -0.25) is 4.79 Å². The molecule has 0 radical (unpaired) electrons. The van der Waals surface area contributed by atoms with Crippen molar-refractivity contribution in [2.45, 2.75) is 12.5 Å². The van der Waals surface area contributed by atoms with Gasteiger partial charge in [0, 0.05) is 18.4 Å². The van der Waals surface area contributed by atoms with Gasteiger partial charge in [0.2, 0.25) is 0 Å². The molecule has 1 aromatic heterocycles. The van der Waals surface area contributed by atoms with Crippen LogP contribution in [0.3, 0.4) is 0 Å². The molecule has 5 nitrogen and oxygen atoms in total. The van der Waals surface area contributed by atoms with Crippen LogP contribution in [-0.2, 0) is 9.53 Å². The number of ether oxygens (including phenoxy) is 1. The number of rotatable bonds is 3. The maximum atomic E-state index is 11.2. The van der Waals surface area contributed by atoms with Crippen LogP contribution in [0, 0.1) is 5.92 Å². The summed E-state index contributed by atoms with van der Waals surface area (Å²) in [5, 5.41) is 13.4. The zero-order chi connectivity index (χ0) is 13.2. The quantitative estimate of drug-likeness (QED) is 0.915. The first-order valence-electron chi connectivity index (χ1n) is 6.20. The summed E-state index contributed by atoms with van der Waals surface area (Å²) >= 11 is 0. The maximum Gasteiger partial charge on any atom is 0.309 e. The predicted molar refractivity (Wildman–Crippen MR) is 68.0 cm³/mol. The summed E-state index contributed by atoms with van der Waals surface area (Å²) in [7, 11) is 0. The van der Waals surface area contributed by atoms with Gasteiger partial charge in [0.05, 0.1) is 23.9 Å². The predicted octanol–water partition coefficient (Wildman–Crippen LogP) is 2.03. The van der Waals surface area contributed by atoms with Crippen molar-refractivity contribution < 1.29 is 14.6 Å².